The molecular weight excluding hydrogens is 393 g/mol. The standard InChI is InChI=1S/C21H25F3N6/c1-28(2)11-15-5-7-16(8-6-15)12-29-9-3-4-17(13-29)18-10-19(21(22,23)24)30-20(27-18)25-14-26-30/h5-8,10,14,17H,3-4,9,11-13H2,1-2H3. The average Bonchev–Trinajstić information content (AvgIpc) is 3.16. The molecule has 4 rings (SSSR count). The van der Waals surface area contributed by atoms with E-state index in [0.717, 1.165) is 49.4 Å². The van der Waals surface area contributed by atoms with Gasteiger partial charge in [0.05, 0.1) is 5.69 Å². The van der Waals surface area contributed by atoms with E-state index in [9.17, 15) is 13.2 Å². The van der Waals surface area contributed by atoms with Crippen LogP contribution in [-0.4, -0.2) is 56.6 Å². The number of aromatic nitrogens is 4. The largest absolute Gasteiger partial charge is 0.433 e. The van der Waals surface area contributed by atoms with Crippen LogP contribution in [-0.2, 0) is 19.3 Å². The summed E-state index contributed by atoms with van der Waals surface area (Å²) in [7, 11) is 4.08. The molecule has 160 valence electrons. The second-order valence-corrected chi connectivity index (χ2v) is 8.16. The van der Waals surface area contributed by atoms with Crippen molar-refractivity contribution in [2.45, 2.75) is 38.0 Å². The van der Waals surface area contributed by atoms with E-state index >= 15 is 0 Å². The molecule has 6 nitrogen and oxygen atoms in total. The Hall–Kier alpha value is -2.52. The van der Waals surface area contributed by atoms with Gasteiger partial charge < -0.3 is 4.90 Å². The number of hydrogen-bond donors (Lipinski definition) is 0. The van der Waals surface area contributed by atoms with Gasteiger partial charge in [-0.05, 0) is 50.7 Å². The first kappa shape index (κ1) is 20.7. The maximum Gasteiger partial charge on any atom is 0.433 e. The van der Waals surface area contributed by atoms with E-state index in [-0.39, 0.29) is 11.7 Å². The summed E-state index contributed by atoms with van der Waals surface area (Å²) in [6.45, 7) is 3.27. The predicted molar refractivity (Wildman–Crippen MR) is 107 cm³/mol. The van der Waals surface area contributed by atoms with Crippen molar-refractivity contribution in [2.24, 2.45) is 0 Å². The molecule has 3 heterocycles. The third-order valence-electron chi connectivity index (χ3n) is 5.41. The monoisotopic (exact) mass is 418 g/mol. The molecule has 1 aromatic carbocycles. The molecule has 1 saturated heterocycles. The minimum Gasteiger partial charge on any atom is -0.305 e. The van der Waals surface area contributed by atoms with Crippen molar-refractivity contribution in [3.8, 4) is 0 Å². The summed E-state index contributed by atoms with van der Waals surface area (Å²) in [5.74, 6) is -0.0667. The Bertz CT molecular complexity index is 996. The zero-order valence-corrected chi connectivity index (χ0v) is 17.1. The van der Waals surface area contributed by atoms with E-state index < -0.39 is 11.9 Å². The van der Waals surface area contributed by atoms with Gasteiger partial charge in [0.25, 0.3) is 5.78 Å². The molecule has 0 saturated carbocycles. The molecule has 1 atom stereocenters. The Balaban J connectivity index is 1.50. The number of likely N-dealkylation sites (tertiary alicyclic amines) is 1. The highest BCUT2D eigenvalue weighted by Crippen LogP contribution is 2.33. The van der Waals surface area contributed by atoms with Crippen LogP contribution < -0.4 is 0 Å². The van der Waals surface area contributed by atoms with Gasteiger partial charge in [-0.3, -0.25) is 4.90 Å². The fourth-order valence-corrected chi connectivity index (χ4v) is 4.06. The molecule has 9 heteroatoms. The molecule has 1 aliphatic heterocycles. The summed E-state index contributed by atoms with van der Waals surface area (Å²) in [6.07, 6.45) is -1.67. The zero-order chi connectivity index (χ0) is 21.3. The summed E-state index contributed by atoms with van der Waals surface area (Å²) in [4.78, 5) is 12.7. The van der Waals surface area contributed by atoms with Crippen LogP contribution in [0, 0.1) is 0 Å². The van der Waals surface area contributed by atoms with Crippen LogP contribution in [0.4, 0.5) is 13.2 Å². The van der Waals surface area contributed by atoms with Gasteiger partial charge in [-0.25, -0.2) is 4.98 Å². The summed E-state index contributed by atoms with van der Waals surface area (Å²) in [5, 5.41) is 3.68. The quantitative estimate of drug-likeness (QED) is 0.634. The number of benzene rings is 1. The molecular formula is C21H25F3N6. The number of piperidine rings is 1. The fraction of sp³-hybridized carbons (Fsp3) is 0.476. The van der Waals surface area contributed by atoms with Crippen molar-refractivity contribution < 1.29 is 13.2 Å². The first-order valence-electron chi connectivity index (χ1n) is 10.0. The highest BCUT2D eigenvalue weighted by molar-refractivity contribution is 5.33. The van der Waals surface area contributed by atoms with E-state index in [4.69, 9.17) is 0 Å². The van der Waals surface area contributed by atoms with Crippen LogP contribution >= 0.6 is 0 Å². The Morgan fingerprint density at radius 1 is 1.13 bits per heavy atom. The van der Waals surface area contributed by atoms with Crippen molar-refractivity contribution in [1.82, 2.24) is 29.4 Å². The lowest BCUT2D eigenvalue weighted by Crippen LogP contribution is -2.34. The molecule has 0 bridgehead atoms. The van der Waals surface area contributed by atoms with Crippen molar-refractivity contribution in [1.29, 1.82) is 0 Å². The summed E-state index contributed by atoms with van der Waals surface area (Å²) in [6, 6.07) is 9.65. The van der Waals surface area contributed by atoms with E-state index in [1.165, 1.54) is 11.1 Å². The van der Waals surface area contributed by atoms with Crippen molar-refractivity contribution in [2.75, 3.05) is 27.2 Å². The SMILES string of the molecule is CN(C)Cc1ccc(CN2CCCC(c3cc(C(F)(F)F)n4ncnc4n3)C2)cc1. The zero-order valence-electron chi connectivity index (χ0n) is 17.1. The fourth-order valence-electron chi connectivity index (χ4n) is 4.06. The Kier molecular flexibility index (Phi) is 5.75. The number of hydrogen-bond acceptors (Lipinski definition) is 5. The number of fused-ring (bicyclic) bond motifs is 1. The second kappa shape index (κ2) is 8.31. The second-order valence-electron chi connectivity index (χ2n) is 8.16. The third kappa shape index (κ3) is 4.62. The van der Waals surface area contributed by atoms with Crippen LogP contribution in [0.5, 0.6) is 0 Å². The first-order valence-corrected chi connectivity index (χ1v) is 10.0. The van der Waals surface area contributed by atoms with Gasteiger partial charge >= 0.3 is 6.18 Å². The molecule has 2 aromatic heterocycles. The minimum atomic E-state index is -4.51. The lowest BCUT2D eigenvalue weighted by molar-refractivity contribution is -0.142. The van der Waals surface area contributed by atoms with E-state index in [0.29, 0.717) is 12.2 Å². The van der Waals surface area contributed by atoms with Gasteiger partial charge in [0.15, 0.2) is 5.69 Å². The Labute approximate surface area is 173 Å². The van der Waals surface area contributed by atoms with E-state index in [1.807, 2.05) is 14.1 Å². The van der Waals surface area contributed by atoms with Gasteiger partial charge in [-0.15, -0.1) is 0 Å². The molecule has 0 spiro atoms. The lowest BCUT2D eigenvalue weighted by Gasteiger charge is -2.32. The van der Waals surface area contributed by atoms with Crippen molar-refractivity contribution in [3.05, 3.63) is 59.2 Å². The van der Waals surface area contributed by atoms with Crippen LogP contribution in [0.2, 0.25) is 0 Å². The average molecular weight is 418 g/mol. The molecule has 30 heavy (non-hydrogen) atoms. The maximum atomic E-state index is 13.5. The van der Waals surface area contributed by atoms with E-state index in [1.54, 1.807) is 0 Å². The molecule has 0 aliphatic carbocycles. The molecule has 1 aliphatic rings. The number of alkyl halides is 3. The number of halogens is 3. The topological polar surface area (TPSA) is 49.6 Å². The van der Waals surface area contributed by atoms with Gasteiger partial charge in [0.1, 0.15) is 6.33 Å². The highest BCUT2D eigenvalue weighted by atomic mass is 19.4. The van der Waals surface area contributed by atoms with Crippen LogP contribution in [0.25, 0.3) is 5.78 Å². The van der Waals surface area contributed by atoms with Crippen LogP contribution in [0.15, 0.2) is 36.7 Å². The Morgan fingerprint density at radius 2 is 1.87 bits per heavy atom. The molecule has 1 unspecified atom stereocenters. The van der Waals surface area contributed by atoms with Crippen LogP contribution in [0.1, 0.15) is 41.3 Å². The summed E-state index contributed by atoms with van der Waals surface area (Å²) >= 11 is 0. The molecule has 0 N–H and O–H groups in total. The van der Waals surface area contributed by atoms with Crippen molar-refractivity contribution in [3.63, 3.8) is 0 Å². The molecule has 3 aromatic rings. The van der Waals surface area contributed by atoms with Gasteiger partial charge in [0.2, 0.25) is 0 Å². The molecule has 0 amide bonds. The first-order chi connectivity index (χ1) is 14.3. The van der Waals surface area contributed by atoms with Gasteiger partial charge in [-0.1, -0.05) is 24.3 Å². The highest BCUT2D eigenvalue weighted by Gasteiger charge is 2.36. The molecule has 1 fully saturated rings. The number of nitrogens with zero attached hydrogens (tertiary/aromatic N) is 6. The predicted octanol–water partition coefficient (Wildman–Crippen LogP) is 3.58. The van der Waals surface area contributed by atoms with Crippen LogP contribution in [0.3, 0.4) is 0 Å². The van der Waals surface area contributed by atoms with Gasteiger partial charge in [-0.2, -0.15) is 27.8 Å². The van der Waals surface area contributed by atoms with Gasteiger partial charge in [0, 0.05) is 25.6 Å². The van der Waals surface area contributed by atoms with E-state index in [2.05, 4.69) is 49.1 Å². The molecule has 0 radical (unpaired) electrons. The third-order valence-corrected chi connectivity index (χ3v) is 5.41. The Morgan fingerprint density at radius 3 is 2.57 bits per heavy atom. The van der Waals surface area contributed by atoms with Crippen molar-refractivity contribution >= 4 is 5.78 Å². The normalized spacial score (nSPS) is 18.4. The minimum absolute atomic E-state index is 0.00608. The summed E-state index contributed by atoms with van der Waals surface area (Å²) < 4.78 is 41.2. The smallest absolute Gasteiger partial charge is 0.305 e. The maximum absolute atomic E-state index is 13.5. The lowest BCUT2D eigenvalue weighted by atomic mass is 9.93. The summed E-state index contributed by atoms with van der Waals surface area (Å²) in [5.41, 5.74) is 2.07. The number of rotatable bonds is 5.